The first-order valence-electron chi connectivity index (χ1n) is 19.5. The Morgan fingerprint density at radius 1 is 0.814 bits per heavy atom. The Balaban J connectivity index is 1.15. The Morgan fingerprint density at radius 2 is 1.37 bits per heavy atom. The average molecular weight is 805 g/mol. The van der Waals surface area contributed by atoms with Crippen molar-refractivity contribution in [1.29, 1.82) is 0 Å². The summed E-state index contributed by atoms with van der Waals surface area (Å²) in [6.45, 7) is 9.42. The van der Waals surface area contributed by atoms with E-state index in [1.54, 1.807) is 21.1 Å². The molecule has 1 aromatic heterocycles. The first-order valence-corrected chi connectivity index (χ1v) is 19.5. The monoisotopic (exact) mass is 804 g/mol. The second kappa shape index (κ2) is 16.9. The molecule has 13 nitrogen and oxygen atoms in total. The minimum atomic E-state index is -1.20. The number of benzene rings is 4. The Morgan fingerprint density at radius 3 is 1.93 bits per heavy atom. The van der Waals surface area contributed by atoms with Gasteiger partial charge in [0.1, 0.15) is 42.1 Å². The lowest BCUT2D eigenvalue weighted by Crippen LogP contribution is -2.41. The average Bonchev–Trinajstić information content (AvgIpc) is 3.73. The molecule has 0 bridgehead atoms. The van der Waals surface area contributed by atoms with Gasteiger partial charge < -0.3 is 37.7 Å². The summed E-state index contributed by atoms with van der Waals surface area (Å²) >= 11 is 0. The summed E-state index contributed by atoms with van der Waals surface area (Å²) in [4.78, 5) is 41.1. The first kappa shape index (κ1) is 41.5. The third-order valence-electron chi connectivity index (χ3n) is 11.4. The van der Waals surface area contributed by atoms with Crippen molar-refractivity contribution in [2.45, 2.75) is 82.9 Å². The number of aromatic nitrogens is 2. The number of nitrogens with zero attached hydrogens (tertiary/aromatic N) is 1. The standard InChI is InChI=1S/C45H49BN2O11/c1-29-26-48(41(50)47-40(29)49)39-25-37(57-42(51)54-27-30-13-19-34(20-14-30)46-58-43(2,3)44(4,5)59-46)38(56-39)28-55-45(31-11-9-8-10-12-31,32-15-21-35(52-6)22-16-32)33-17-23-36(53-7)24-18-33/h8-24,26,37-39H,25,27-28H2,1-7H3,(H,47,49,50)/t37-,38+,39+/m0/s1. The number of aryl methyl sites for hydroxylation is 1. The fourth-order valence-electron chi connectivity index (χ4n) is 7.28. The molecule has 2 saturated heterocycles. The van der Waals surface area contributed by atoms with E-state index in [0.29, 0.717) is 17.1 Å². The predicted molar refractivity (Wildman–Crippen MR) is 220 cm³/mol. The Hall–Kier alpha value is -5.67. The highest BCUT2D eigenvalue weighted by Gasteiger charge is 2.51. The number of rotatable bonds is 13. The number of H-pyrrole nitrogens is 1. The summed E-state index contributed by atoms with van der Waals surface area (Å²) in [5.74, 6) is 1.34. The molecule has 59 heavy (non-hydrogen) atoms. The molecule has 7 rings (SSSR count). The molecule has 2 fully saturated rings. The second-order valence-corrected chi connectivity index (χ2v) is 15.7. The molecule has 14 heteroatoms. The molecule has 0 radical (unpaired) electrons. The van der Waals surface area contributed by atoms with Crippen molar-refractivity contribution < 1.29 is 42.5 Å². The number of carbonyl (C=O) groups excluding carboxylic acids is 1. The maximum absolute atomic E-state index is 13.4. The van der Waals surface area contributed by atoms with Crippen LogP contribution >= 0.6 is 0 Å². The van der Waals surface area contributed by atoms with Crippen molar-refractivity contribution in [3.63, 3.8) is 0 Å². The lowest BCUT2D eigenvalue weighted by molar-refractivity contribution is -0.1000. The van der Waals surface area contributed by atoms with Crippen LogP contribution in [0.1, 0.15) is 68.2 Å². The van der Waals surface area contributed by atoms with Crippen LogP contribution in [0.5, 0.6) is 11.5 Å². The van der Waals surface area contributed by atoms with Crippen LogP contribution in [0.4, 0.5) is 4.79 Å². The largest absolute Gasteiger partial charge is 0.508 e. The van der Waals surface area contributed by atoms with Gasteiger partial charge in [-0.1, -0.05) is 78.9 Å². The van der Waals surface area contributed by atoms with E-state index in [4.69, 9.17) is 37.7 Å². The zero-order valence-corrected chi connectivity index (χ0v) is 34.3. The summed E-state index contributed by atoms with van der Waals surface area (Å²) in [7, 11) is 2.68. The summed E-state index contributed by atoms with van der Waals surface area (Å²) in [6, 6.07) is 32.4. The summed E-state index contributed by atoms with van der Waals surface area (Å²) in [5.41, 5.74) is 0.959. The fourth-order valence-corrected chi connectivity index (χ4v) is 7.28. The third kappa shape index (κ3) is 8.58. The van der Waals surface area contributed by atoms with Crippen LogP contribution < -0.4 is 26.2 Å². The van der Waals surface area contributed by atoms with E-state index in [1.807, 2.05) is 131 Å². The van der Waals surface area contributed by atoms with E-state index in [0.717, 1.165) is 27.7 Å². The molecule has 2 aliphatic rings. The maximum atomic E-state index is 13.4. The Kier molecular flexibility index (Phi) is 11.9. The summed E-state index contributed by atoms with van der Waals surface area (Å²) in [6.07, 6.45) is -2.13. The van der Waals surface area contributed by atoms with Crippen molar-refractivity contribution in [1.82, 2.24) is 9.55 Å². The van der Waals surface area contributed by atoms with Gasteiger partial charge in [-0.2, -0.15) is 0 Å². The molecular formula is C45H49BN2O11. The van der Waals surface area contributed by atoms with Crippen molar-refractivity contribution in [2.75, 3.05) is 20.8 Å². The van der Waals surface area contributed by atoms with E-state index in [9.17, 15) is 14.4 Å². The van der Waals surface area contributed by atoms with Gasteiger partial charge in [-0.15, -0.1) is 0 Å². The molecule has 0 spiro atoms. The van der Waals surface area contributed by atoms with E-state index in [2.05, 4.69) is 4.98 Å². The van der Waals surface area contributed by atoms with Gasteiger partial charge in [0.05, 0.1) is 32.0 Å². The van der Waals surface area contributed by atoms with Gasteiger partial charge in [-0.3, -0.25) is 14.3 Å². The van der Waals surface area contributed by atoms with Crippen molar-refractivity contribution in [2.24, 2.45) is 0 Å². The molecular weight excluding hydrogens is 755 g/mol. The minimum absolute atomic E-state index is 0.0642. The van der Waals surface area contributed by atoms with Gasteiger partial charge >= 0.3 is 19.0 Å². The van der Waals surface area contributed by atoms with Crippen LogP contribution in [0, 0.1) is 6.92 Å². The molecule has 0 unspecified atom stereocenters. The van der Waals surface area contributed by atoms with Gasteiger partial charge in [-0.25, -0.2) is 9.59 Å². The number of aromatic amines is 1. The van der Waals surface area contributed by atoms with E-state index in [-0.39, 0.29) is 19.6 Å². The van der Waals surface area contributed by atoms with E-state index < -0.39 is 59.8 Å². The second-order valence-electron chi connectivity index (χ2n) is 15.7. The molecule has 3 heterocycles. The van der Waals surface area contributed by atoms with Crippen molar-refractivity contribution in [3.8, 4) is 11.5 Å². The Bertz CT molecular complexity index is 2280. The highest BCUT2D eigenvalue weighted by Crippen LogP contribution is 2.43. The van der Waals surface area contributed by atoms with Gasteiger partial charge in [-0.05, 0) is 86.6 Å². The van der Waals surface area contributed by atoms with E-state index in [1.165, 1.54) is 10.8 Å². The quantitative estimate of drug-likeness (QED) is 0.0828. The van der Waals surface area contributed by atoms with Crippen molar-refractivity contribution >= 4 is 18.7 Å². The van der Waals surface area contributed by atoms with Crippen LogP contribution in [-0.2, 0) is 40.5 Å². The zero-order chi connectivity index (χ0) is 42.0. The highest BCUT2D eigenvalue weighted by atomic mass is 16.7. The lowest BCUT2D eigenvalue weighted by Gasteiger charge is -2.37. The van der Waals surface area contributed by atoms with Crippen LogP contribution in [0.15, 0.2) is 119 Å². The first-order chi connectivity index (χ1) is 28.2. The summed E-state index contributed by atoms with van der Waals surface area (Å²) in [5, 5.41) is 0. The fraction of sp³-hybridized carbons (Fsp3) is 0.356. The smallest absolute Gasteiger partial charge is 0.497 e. The molecule has 2 aliphatic heterocycles. The van der Waals surface area contributed by atoms with Crippen LogP contribution in [0.25, 0.3) is 0 Å². The van der Waals surface area contributed by atoms with Gasteiger partial charge in [0.25, 0.3) is 5.56 Å². The maximum Gasteiger partial charge on any atom is 0.508 e. The molecule has 5 aromatic rings. The normalized spacial score (nSPS) is 19.6. The Labute approximate surface area is 343 Å². The van der Waals surface area contributed by atoms with Crippen LogP contribution in [0.3, 0.4) is 0 Å². The van der Waals surface area contributed by atoms with Gasteiger partial charge in [0.2, 0.25) is 0 Å². The number of hydrogen-bond acceptors (Lipinski definition) is 11. The highest BCUT2D eigenvalue weighted by molar-refractivity contribution is 6.62. The van der Waals surface area contributed by atoms with Gasteiger partial charge in [0, 0.05) is 18.2 Å². The minimum Gasteiger partial charge on any atom is -0.497 e. The number of carbonyl (C=O) groups is 1. The molecule has 308 valence electrons. The molecule has 0 aliphatic carbocycles. The topological polar surface area (TPSA) is 146 Å². The zero-order valence-electron chi connectivity index (χ0n) is 34.3. The predicted octanol–water partition coefficient (Wildman–Crippen LogP) is 6.18. The molecule has 3 atom stereocenters. The third-order valence-corrected chi connectivity index (χ3v) is 11.4. The number of nitrogens with one attached hydrogen (secondary N) is 1. The van der Waals surface area contributed by atoms with Crippen molar-refractivity contribution in [3.05, 3.63) is 158 Å². The van der Waals surface area contributed by atoms with Crippen LogP contribution in [-0.4, -0.2) is 67.1 Å². The number of ether oxygens (including phenoxy) is 6. The van der Waals surface area contributed by atoms with Crippen LogP contribution in [0.2, 0.25) is 0 Å². The molecule has 0 amide bonds. The summed E-state index contributed by atoms with van der Waals surface area (Å²) < 4.78 is 49.7. The molecule has 0 saturated carbocycles. The van der Waals surface area contributed by atoms with Gasteiger partial charge in [0.15, 0.2) is 0 Å². The SMILES string of the molecule is COc1ccc(C(OC[C@H]2O[C@@H](n3cc(C)c(=O)[nH]c3=O)C[C@@H]2OC(=O)OCc2ccc(B3OC(C)(C)C(C)(C)O3)cc2)(c2ccccc2)c2ccc(OC)cc2)cc1. The molecule has 1 N–H and O–H groups in total. The van der Waals surface area contributed by atoms with E-state index >= 15 is 0 Å². The number of hydrogen-bond donors (Lipinski definition) is 1. The number of methoxy groups -OCH3 is 2. The lowest BCUT2D eigenvalue weighted by atomic mass is 9.79. The molecule has 4 aromatic carbocycles.